The van der Waals surface area contributed by atoms with Crippen molar-refractivity contribution >= 4 is 0 Å². The van der Waals surface area contributed by atoms with Gasteiger partial charge in [-0.3, -0.25) is 0 Å². The summed E-state index contributed by atoms with van der Waals surface area (Å²) in [7, 11) is 1.99. The summed E-state index contributed by atoms with van der Waals surface area (Å²) in [6.07, 6.45) is 1.72. The Kier molecular flexibility index (Phi) is 1.70. The van der Waals surface area contributed by atoms with Crippen LogP contribution in [0.5, 0.6) is 0 Å². The summed E-state index contributed by atoms with van der Waals surface area (Å²) in [6, 6.07) is 0. The first-order chi connectivity index (χ1) is 7.25. The molecule has 1 aliphatic heterocycles. The fourth-order valence-electron chi connectivity index (χ4n) is 1.90. The first-order valence-electron chi connectivity index (χ1n) is 4.93. The second-order valence-electron chi connectivity index (χ2n) is 3.77. The lowest BCUT2D eigenvalue weighted by Crippen LogP contribution is -2.06. The van der Waals surface area contributed by atoms with Gasteiger partial charge in [-0.15, -0.1) is 0 Å². The molecule has 0 bridgehead atoms. The summed E-state index contributed by atoms with van der Waals surface area (Å²) >= 11 is 0. The van der Waals surface area contributed by atoms with Crippen LogP contribution < -0.4 is 5.32 Å². The molecule has 0 aliphatic carbocycles. The molecule has 0 fully saturated rings. The Hall–Kier alpha value is -1.62. The number of rotatable bonds is 1. The van der Waals surface area contributed by atoms with Gasteiger partial charge in [-0.05, 0) is 6.92 Å². The molecule has 0 radical (unpaired) electrons. The Labute approximate surface area is 87.1 Å². The standard InChI is InChI=1S/C10H12N4O/c1-6-3-12-10(15-6)9-13-7-4-11-5-8(7)14(9)2/h3,11H,4-5H2,1-2H3. The first-order valence-corrected chi connectivity index (χ1v) is 4.93. The van der Waals surface area contributed by atoms with E-state index in [0.717, 1.165) is 30.4 Å². The summed E-state index contributed by atoms with van der Waals surface area (Å²) in [4.78, 5) is 8.71. The van der Waals surface area contributed by atoms with Crippen molar-refractivity contribution in [3.05, 3.63) is 23.3 Å². The van der Waals surface area contributed by atoms with Crippen LogP contribution in [0.2, 0.25) is 0 Å². The highest BCUT2D eigenvalue weighted by Crippen LogP contribution is 2.23. The largest absolute Gasteiger partial charge is 0.439 e. The SMILES string of the molecule is Cc1cnc(-c2nc3c(n2C)CNC3)o1. The van der Waals surface area contributed by atoms with Crippen molar-refractivity contribution in [2.24, 2.45) is 7.05 Å². The number of hydrogen-bond acceptors (Lipinski definition) is 4. The lowest BCUT2D eigenvalue weighted by atomic mass is 10.4. The van der Waals surface area contributed by atoms with E-state index in [1.54, 1.807) is 6.20 Å². The van der Waals surface area contributed by atoms with Gasteiger partial charge in [0.1, 0.15) is 5.76 Å². The van der Waals surface area contributed by atoms with Crippen LogP contribution in [-0.4, -0.2) is 14.5 Å². The zero-order chi connectivity index (χ0) is 10.4. The molecule has 0 amide bonds. The van der Waals surface area contributed by atoms with E-state index in [1.165, 1.54) is 5.69 Å². The third-order valence-corrected chi connectivity index (χ3v) is 2.69. The molecule has 0 unspecified atom stereocenters. The van der Waals surface area contributed by atoms with E-state index in [-0.39, 0.29) is 0 Å². The number of nitrogens with zero attached hydrogens (tertiary/aromatic N) is 3. The zero-order valence-corrected chi connectivity index (χ0v) is 8.74. The van der Waals surface area contributed by atoms with Gasteiger partial charge in [0.15, 0.2) is 5.82 Å². The van der Waals surface area contributed by atoms with Gasteiger partial charge in [-0.2, -0.15) is 0 Å². The van der Waals surface area contributed by atoms with E-state index in [9.17, 15) is 0 Å². The van der Waals surface area contributed by atoms with Gasteiger partial charge in [0.25, 0.3) is 5.89 Å². The van der Waals surface area contributed by atoms with E-state index in [1.807, 2.05) is 18.5 Å². The van der Waals surface area contributed by atoms with Crippen LogP contribution in [0.25, 0.3) is 11.7 Å². The van der Waals surface area contributed by atoms with Crippen molar-refractivity contribution in [2.75, 3.05) is 0 Å². The molecule has 3 heterocycles. The highest BCUT2D eigenvalue weighted by molar-refractivity contribution is 5.45. The maximum Gasteiger partial charge on any atom is 0.263 e. The molecule has 2 aromatic rings. The molecule has 1 N–H and O–H groups in total. The minimum absolute atomic E-state index is 0.601. The summed E-state index contributed by atoms with van der Waals surface area (Å²) < 4.78 is 7.51. The van der Waals surface area contributed by atoms with Crippen LogP contribution in [-0.2, 0) is 20.1 Å². The van der Waals surface area contributed by atoms with Gasteiger partial charge in [-0.25, -0.2) is 9.97 Å². The second-order valence-corrected chi connectivity index (χ2v) is 3.77. The third kappa shape index (κ3) is 1.20. The summed E-state index contributed by atoms with van der Waals surface area (Å²) in [5.74, 6) is 2.23. The predicted molar refractivity (Wildman–Crippen MR) is 54.0 cm³/mol. The van der Waals surface area contributed by atoms with Gasteiger partial charge in [0.2, 0.25) is 0 Å². The fraction of sp³-hybridized carbons (Fsp3) is 0.400. The second kappa shape index (κ2) is 2.93. The maximum absolute atomic E-state index is 5.47. The van der Waals surface area contributed by atoms with Crippen molar-refractivity contribution in [3.8, 4) is 11.7 Å². The van der Waals surface area contributed by atoms with Crippen molar-refractivity contribution in [2.45, 2.75) is 20.0 Å². The molecule has 5 heteroatoms. The number of aromatic nitrogens is 3. The van der Waals surface area contributed by atoms with Crippen LogP contribution in [0, 0.1) is 6.92 Å². The molecular formula is C10H12N4O. The number of aryl methyl sites for hydroxylation is 1. The Bertz CT molecular complexity index is 511. The Morgan fingerprint density at radius 1 is 1.47 bits per heavy atom. The highest BCUT2D eigenvalue weighted by atomic mass is 16.4. The predicted octanol–water partition coefficient (Wildman–Crippen LogP) is 0.987. The average Bonchev–Trinajstić information content (AvgIpc) is 2.84. The number of oxazole rings is 1. The smallest absolute Gasteiger partial charge is 0.263 e. The topological polar surface area (TPSA) is 55.9 Å². The minimum Gasteiger partial charge on any atom is -0.439 e. The lowest BCUT2D eigenvalue weighted by Gasteiger charge is -2.00. The fourth-order valence-corrected chi connectivity index (χ4v) is 1.90. The summed E-state index contributed by atoms with van der Waals surface area (Å²) in [5, 5.41) is 3.26. The molecule has 15 heavy (non-hydrogen) atoms. The van der Waals surface area contributed by atoms with Crippen molar-refractivity contribution < 1.29 is 4.42 Å². The van der Waals surface area contributed by atoms with Gasteiger partial charge in [-0.1, -0.05) is 0 Å². The van der Waals surface area contributed by atoms with Gasteiger partial charge in [0, 0.05) is 20.1 Å². The quantitative estimate of drug-likeness (QED) is 0.752. The summed E-state index contributed by atoms with van der Waals surface area (Å²) in [6.45, 7) is 3.59. The van der Waals surface area contributed by atoms with Crippen molar-refractivity contribution in [1.82, 2.24) is 19.9 Å². The Balaban J connectivity index is 2.13. The molecule has 1 aliphatic rings. The van der Waals surface area contributed by atoms with E-state index >= 15 is 0 Å². The van der Waals surface area contributed by atoms with E-state index < -0.39 is 0 Å². The van der Waals surface area contributed by atoms with Crippen LogP contribution in [0.1, 0.15) is 17.1 Å². The number of hydrogen-bond donors (Lipinski definition) is 1. The Morgan fingerprint density at radius 2 is 2.33 bits per heavy atom. The monoisotopic (exact) mass is 204 g/mol. The van der Waals surface area contributed by atoms with Gasteiger partial charge >= 0.3 is 0 Å². The highest BCUT2D eigenvalue weighted by Gasteiger charge is 2.21. The molecule has 3 rings (SSSR count). The van der Waals surface area contributed by atoms with Crippen molar-refractivity contribution in [3.63, 3.8) is 0 Å². The summed E-state index contributed by atoms with van der Waals surface area (Å²) in [5.41, 5.74) is 2.32. The van der Waals surface area contributed by atoms with Gasteiger partial charge < -0.3 is 14.3 Å². The molecule has 78 valence electrons. The number of nitrogens with one attached hydrogen (secondary N) is 1. The lowest BCUT2D eigenvalue weighted by molar-refractivity contribution is 0.533. The third-order valence-electron chi connectivity index (χ3n) is 2.69. The molecule has 0 atom stereocenters. The van der Waals surface area contributed by atoms with Crippen LogP contribution in [0.4, 0.5) is 0 Å². The van der Waals surface area contributed by atoms with E-state index in [2.05, 4.69) is 15.3 Å². The van der Waals surface area contributed by atoms with Gasteiger partial charge in [0.05, 0.1) is 17.6 Å². The van der Waals surface area contributed by atoms with E-state index in [0.29, 0.717) is 5.89 Å². The van der Waals surface area contributed by atoms with Crippen LogP contribution >= 0.6 is 0 Å². The number of imidazole rings is 1. The van der Waals surface area contributed by atoms with Crippen LogP contribution in [0.15, 0.2) is 10.6 Å². The first kappa shape index (κ1) is 8.67. The molecular weight excluding hydrogens is 192 g/mol. The maximum atomic E-state index is 5.47. The molecule has 5 nitrogen and oxygen atoms in total. The zero-order valence-electron chi connectivity index (χ0n) is 8.74. The molecule has 0 spiro atoms. The Morgan fingerprint density at radius 3 is 3.00 bits per heavy atom. The van der Waals surface area contributed by atoms with E-state index in [4.69, 9.17) is 4.42 Å². The molecule has 0 saturated carbocycles. The average molecular weight is 204 g/mol. The van der Waals surface area contributed by atoms with Crippen LogP contribution in [0.3, 0.4) is 0 Å². The number of fused-ring (bicyclic) bond motifs is 1. The molecule has 0 aromatic carbocycles. The van der Waals surface area contributed by atoms with Crippen molar-refractivity contribution in [1.29, 1.82) is 0 Å². The molecule has 2 aromatic heterocycles. The normalized spacial score (nSPS) is 14.5. The minimum atomic E-state index is 0.601. The molecule has 0 saturated heterocycles.